The van der Waals surface area contributed by atoms with E-state index in [4.69, 9.17) is 0 Å². The molecule has 1 aliphatic carbocycles. The maximum atomic E-state index is 10.1. The Morgan fingerprint density at radius 3 is 2.54 bits per heavy atom. The minimum absolute atomic E-state index is 0.230. The molecule has 0 aliphatic heterocycles. The monoisotopic (exact) mass is 183 g/mol. The Kier molecular flexibility index (Phi) is 3.23. The second-order valence-corrected chi connectivity index (χ2v) is 4.81. The number of aliphatic imine (C=N–C) groups is 1. The molecule has 13 heavy (non-hydrogen) atoms. The summed E-state index contributed by atoms with van der Waals surface area (Å²) >= 11 is 0. The summed E-state index contributed by atoms with van der Waals surface area (Å²) in [6, 6.07) is 0.879. The van der Waals surface area contributed by atoms with Gasteiger partial charge < -0.3 is 4.48 Å². The molecule has 3 heteroatoms. The summed E-state index contributed by atoms with van der Waals surface area (Å²) in [5.74, 6) is 0. The fourth-order valence-electron chi connectivity index (χ4n) is 2.03. The topological polar surface area (TPSA) is 29.4 Å². The molecule has 0 radical (unpaired) electrons. The second-order valence-electron chi connectivity index (χ2n) is 4.81. The Hall–Kier alpha value is -0.660. The lowest BCUT2D eigenvalue weighted by molar-refractivity contribution is -0.897. The van der Waals surface area contributed by atoms with Crippen molar-refractivity contribution >= 4 is 6.08 Å². The smallest absolute Gasteiger partial charge is 0.235 e. The van der Waals surface area contributed by atoms with Crippen LogP contribution in [-0.2, 0) is 4.79 Å². The SMILES string of the molecule is C[N+](C)(C)C1CCCC(N=C=O)C1. The van der Waals surface area contributed by atoms with Crippen molar-refractivity contribution in [3.05, 3.63) is 0 Å². The molecule has 1 aliphatic rings. The van der Waals surface area contributed by atoms with E-state index in [1.165, 1.54) is 12.8 Å². The summed E-state index contributed by atoms with van der Waals surface area (Å²) in [7, 11) is 6.62. The van der Waals surface area contributed by atoms with Crippen LogP contribution >= 0.6 is 0 Å². The minimum Gasteiger partial charge on any atom is -0.328 e. The van der Waals surface area contributed by atoms with Gasteiger partial charge in [0, 0.05) is 6.42 Å². The molecular formula is C10H19N2O+. The highest BCUT2D eigenvalue weighted by molar-refractivity contribution is 5.33. The average Bonchev–Trinajstić information content (AvgIpc) is 2.04. The van der Waals surface area contributed by atoms with E-state index in [9.17, 15) is 4.79 Å². The van der Waals surface area contributed by atoms with Crippen LogP contribution in [0.5, 0.6) is 0 Å². The maximum absolute atomic E-state index is 10.1. The zero-order valence-corrected chi connectivity index (χ0v) is 8.79. The Bertz CT molecular complexity index is 213. The van der Waals surface area contributed by atoms with Crippen LogP contribution in [0.1, 0.15) is 25.7 Å². The van der Waals surface area contributed by atoms with Gasteiger partial charge in [0.15, 0.2) is 0 Å². The van der Waals surface area contributed by atoms with Gasteiger partial charge in [0.1, 0.15) is 0 Å². The summed E-state index contributed by atoms with van der Waals surface area (Å²) in [6.07, 6.45) is 6.23. The maximum Gasteiger partial charge on any atom is 0.235 e. The highest BCUT2D eigenvalue weighted by Gasteiger charge is 2.30. The summed E-state index contributed by atoms with van der Waals surface area (Å²) in [4.78, 5) is 14.0. The van der Waals surface area contributed by atoms with E-state index in [-0.39, 0.29) is 6.04 Å². The van der Waals surface area contributed by atoms with Gasteiger partial charge in [-0.05, 0) is 19.3 Å². The molecule has 0 saturated heterocycles. The quantitative estimate of drug-likeness (QED) is 0.361. The van der Waals surface area contributed by atoms with Crippen molar-refractivity contribution in [1.82, 2.24) is 0 Å². The first-order chi connectivity index (χ1) is 6.04. The van der Waals surface area contributed by atoms with Crippen LogP contribution in [0.2, 0.25) is 0 Å². The summed E-state index contributed by atoms with van der Waals surface area (Å²) < 4.78 is 0.977. The van der Waals surface area contributed by atoms with E-state index < -0.39 is 0 Å². The number of carbonyl (C=O) groups excluding carboxylic acids is 1. The van der Waals surface area contributed by atoms with E-state index in [2.05, 4.69) is 26.1 Å². The molecule has 0 aromatic carbocycles. The van der Waals surface area contributed by atoms with Crippen LogP contribution in [0.3, 0.4) is 0 Å². The second kappa shape index (κ2) is 4.03. The number of nitrogens with zero attached hydrogens (tertiary/aromatic N) is 2. The van der Waals surface area contributed by atoms with Gasteiger partial charge in [-0.25, -0.2) is 9.79 Å². The molecule has 0 aromatic heterocycles. The van der Waals surface area contributed by atoms with E-state index in [0.717, 1.165) is 17.3 Å². The summed E-state index contributed by atoms with van der Waals surface area (Å²) in [5, 5.41) is 0. The van der Waals surface area contributed by atoms with Gasteiger partial charge in [0.2, 0.25) is 6.08 Å². The fraction of sp³-hybridized carbons (Fsp3) is 0.900. The van der Waals surface area contributed by atoms with Crippen molar-refractivity contribution in [2.24, 2.45) is 4.99 Å². The van der Waals surface area contributed by atoms with Gasteiger partial charge in [-0.2, -0.15) is 0 Å². The molecule has 0 amide bonds. The molecule has 1 fully saturated rings. The highest BCUT2D eigenvalue weighted by Crippen LogP contribution is 2.26. The molecule has 1 rings (SSSR count). The van der Waals surface area contributed by atoms with E-state index in [0.29, 0.717) is 6.04 Å². The van der Waals surface area contributed by atoms with E-state index >= 15 is 0 Å². The number of hydrogen-bond acceptors (Lipinski definition) is 2. The van der Waals surface area contributed by atoms with Gasteiger partial charge in [-0.1, -0.05) is 0 Å². The van der Waals surface area contributed by atoms with Crippen molar-refractivity contribution in [2.75, 3.05) is 21.1 Å². The zero-order chi connectivity index (χ0) is 9.90. The normalized spacial score (nSPS) is 29.5. The Labute approximate surface area is 80.0 Å². The van der Waals surface area contributed by atoms with Gasteiger partial charge >= 0.3 is 0 Å². The van der Waals surface area contributed by atoms with Gasteiger partial charge in [-0.15, -0.1) is 0 Å². The lowest BCUT2D eigenvalue weighted by atomic mass is 9.90. The van der Waals surface area contributed by atoms with Crippen molar-refractivity contribution in [3.63, 3.8) is 0 Å². The predicted molar refractivity (Wildman–Crippen MR) is 52.2 cm³/mol. The van der Waals surface area contributed by atoms with Crippen LogP contribution in [0, 0.1) is 0 Å². The molecule has 2 atom stereocenters. The number of isocyanates is 1. The third-order valence-electron chi connectivity index (χ3n) is 2.95. The highest BCUT2D eigenvalue weighted by atomic mass is 16.1. The van der Waals surface area contributed by atoms with Crippen molar-refractivity contribution in [1.29, 1.82) is 0 Å². The molecule has 0 spiro atoms. The molecule has 3 nitrogen and oxygen atoms in total. The van der Waals surface area contributed by atoms with Crippen LogP contribution in [0.25, 0.3) is 0 Å². The predicted octanol–water partition coefficient (Wildman–Crippen LogP) is 1.34. The zero-order valence-electron chi connectivity index (χ0n) is 8.79. The average molecular weight is 183 g/mol. The third kappa shape index (κ3) is 2.94. The van der Waals surface area contributed by atoms with Crippen LogP contribution in [0.4, 0.5) is 0 Å². The first-order valence-electron chi connectivity index (χ1n) is 4.92. The fourth-order valence-corrected chi connectivity index (χ4v) is 2.03. The van der Waals surface area contributed by atoms with Gasteiger partial charge in [0.25, 0.3) is 0 Å². The van der Waals surface area contributed by atoms with Crippen LogP contribution in [0.15, 0.2) is 4.99 Å². The Balaban J connectivity index is 2.56. The van der Waals surface area contributed by atoms with Crippen LogP contribution in [-0.4, -0.2) is 43.8 Å². The molecule has 0 heterocycles. The molecular weight excluding hydrogens is 164 g/mol. The number of hydrogen-bond donors (Lipinski definition) is 0. The number of quaternary nitrogens is 1. The van der Waals surface area contributed by atoms with Gasteiger partial charge in [-0.3, -0.25) is 0 Å². The summed E-state index contributed by atoms with van der Waals surface area (Å²) in [6.45, 7) is 0. The Morgan fingerprint density at radius 1 is 1.31 bits per heavy atom. The molecule has 2 unspecified atom stereocenters. The first-order valence-corrected chi connectivity index (χ1v) is 4.92. The molecule has 1 saturated carbocycles. The van der Waals surface area contributed by atoms with Crippen molar-refractivity contribution in [2.45, 2.75) is 37.8 Å². The van der Waals surface area contributed by atoms with Crippen molar-refractivity contribution < 1.29 is 9.28 Å². The Morgan fingerprint density at radius 2 is 2.00 bits per heavy atom. The molecule has 74 valence electrons. The molecule has 0 aromatic rings. The van der Waals surface area contributed by atoms with Gasteiger partial charge in [0.05, 0.1) is 33.2 Å². The van der Waals surface area contributed by atoms with E-state index in [1.54, 1.807) is 6.08 Å². The minimum atomic E-state index is 0.230. The molecule has 0 bridgehead atoms. The van der Waals surface area contributed by atoms with Crippen molar-refractivity contribution in [3.8, 4) is 0 Å². The summed E-state index contributed by atoms with van der Waals surface area (Å²) in [5.41, 5.74) is 0. The standard InChI is InChI=1S/C10H19N2O/c1-12(2,3)10-6-4-5-9(7-10)11-8-13/h9-10H,4-7H2,1-3H3/q+1. The third-order valence-corrected chi connectivity index (χ3v) is 2.95. The largest absolute Gasteiger partial charge is 0.328 e. The van der Waals surface area contributed by atoms with E-state index in [1.807, 2.05) is 0 Å². The van der Waals surface area contributed by atoms with Crippen LogP contribution < -0.4 is 0 Å². The first kappa shape index (κ1) is 10.4. The lowest BCUT2D eigenvalue weighted by Gasteiger charge is -2.38. The lowest BCUT2D eigenvalue weighted by Crippen LogP contribution is -2.48. The molecule has 0 N–H and O–H groups in total. The number of rotatable bonds is 2.